The van der Waals surface area contributed by atoms with Crippen LogP contribution in [-0.2, 0) is 0 Å². The van der Waals surface area contributed by atoms with Crippen molar-refractivity contribution >= 4 is 28.4 Å². The van der Waals surface area contributed by atoms with E-state index in [0.717, 1.165) is 24.8 Å². The Hall–Kier alpha value is -1.39. The molecule has 1 saturated heterocycles. The standard InChI is InChI=1S/C12H12ClN3O/c13-8-3-5-15-12-10(8)7(6-16-12)11(17)9-2-1-4-14-9/h3,5-6,9,14H,1-2,4H2,(H,15,16). The van der Waals surface area contributed by atoms with E-state index in [2.05, 4.69) is 15.3 Å². The zero-order valence-electron chi connectivity index (χ0n) is 9.16. The van der Waals surface area contributed by atoms with Crippen LogP contribution in [0.2, 0.25) is 5.02 Å². The second-order valence-corrected chi connectivity index (χ2v) is 4.64. The Morgan fingerprint density at radius 2 is 2.41 bits per heavy atom. The monoisotopic (exact) mass is 249 g/mol. The van der Waals surface area contributed by atoms with Gasteiger partial charge < -0.3 is 10.3 Å². The van der Waals surface area contributed by atoms with Crippen molar-refractivity contribution in [1.29, 1.82) is 0 Å². The minimum Gasteiger partial charge on any atom is -0.345 e. The largest absolute Gasteiger partial charge is 0.345 e. The Balaban J connectivity index is 2.08. The molecule has 0 aliphatic carbocycles. The van der Waals surface area contributed by atoms with Crippen LogP contribution in [0.1, 0.15) is 23.2 Å². The highest BCUT2D eigenvalue weighted by Gasteiger charge is 2.26. The van der Waals surface area contributed by atoms with Crippen molar-refractivity contribution in [1.82, 2.24) is 15.3 Å². The minimum atomic E-state index is -0.0785. The van der Waals surface area contributed by atoms with Crippen LogP contribution >= 0.6 is 11.6 Å². The summed E-state index contributed by atoms with van der Waals surface area (Å²) in [4.78, 5) is 19.5. The molecule has 1 fully saturated rings. The number of aromatic amines is 1. The predicted octanol–water partition coefficient (Wildman–Crippen LogP) is 2.15. The summed E-state index contributed by atoms with van der Waals surface area (Å²) in [5, 5.41) is 4.50. The quantitative estimate of drug-likeness (QED) is 0.802. The van der Waals surface area contributed by atoms with E-state index < -0.39 is 0 Å². The number of halogens is 1. The maximum Gasteiger partial charge on any atom is 0.181 e. The number of nitrogens with zero attached hydrogens (tertiary/aromatic N) is 1. The average Bonchev–Trinajstić information content (AvgIpc) is 2.98. The smallest absolute Gasteiger partial charge is 0.181 e. The van der Waals surface area contributed by atoms with Crippen molar-refractivity contribution in [2.24, 2.45) is 0 Å². The first-order chi connectivity index (χ1) is 8.27. The van der Waals surface area contributed by atoms with E-state index in [1.54, 1.807) is 18.5 Å². The number of H-pyrrole nitrogens is 1. The second-order valence-electron chi connectivity index (χ2n) is 4.23. The molecule has 0 spiro atoms. The molecule has 1 aliphatic rings. The van der Waals surface area contributed by atoms with Gasteiger partial charge in [-0.1, -0.05) is 11.6 Å². The summed E-state index contributed by atoms with van der Waals surface area (Å²) in [7, 11) is 0. The number of Topliss-reactive ketones (excluding diaryl/α,β-unsaturated/α-hetero) is 1. The van der Waals surface area contributed by atoms with Crippen molar-refractivity contribution in [2.75, 3.05) is 6.54 Å². The number of rotatable bonds is 2. The highest BCUT2D eigenvalue weighted by atomic mass is 35.5. The van der Waals surface area contributed by atoms with Gasteiger partial charge in [-0.05, 0) is 25.5 Å². The van der Waals surface area contributed by atoms with Crippen molar-refractivity contribution in [2.45, 2.75) is 18.9 Å². The Morgan fingerprint density at radius 3 is 3.18 bits per heavy atom. The summed E-state index contributed by atoms with van der Waals surface area (Å²) >= 11 is 6.12. The van der Waals surface area contributed by atoms with Crippen LogP contribution in [0.3, 0.4) is 0 Å². The Labute approximate surface area is 103 Å². The summed E-state index contributed by atoms with van der Waals surface area (Å²) in [5.41, 5.74) is 1.30. The van der Waals surface area contributed by atoms with Crippen LogP contribution in [0.15, 0.2) is 18.5 Å². The molecule has 17 heavy (non-hydrogen) atoms. The van der Waals surface area contributed by atoms with Gasteiger partial charge in [0, 0.05) is 23.3 Å². The number of ketones is 1. The Morgan fingerprint density at radius 1 is 1.53 bits per heavy atom. The molecular formula is C12H12ClN3O. The van der Waals surface area contributed by atoms with E-state index in [-0.39, 0.29) is 11.8 Å². The predicted molar refractivity (Wildman–Crippen MR) is 66.5 cm³/mol. The van der Waals surface area contributed by atoms with Gasteiger partial charge in [-0.25, -0.2) is 4.98 Å². The molecule has 3 heterocycles. The third kappa shape index (κ3) is 1.73. The zero-order chi connectivity index (χ0) is 11.8. The fraction of sp³-hybridized carbons (Fsp3) is 0.333. The summed E-state index contributed by atoms with van der Waals surface area (Å²) in [6.45, 7) is 0.907. The Kier molecular flexibility index (Phi) is 2.61. The van der Waals surface area contributed by atoms with Gasteiger partial charge in [0.15, 0.2) is 5.78 Å². The lowest BCUT2D eigenvalue weighted by molar-refractivity contribution is 0.0954. The first kappa shape index (κ1) is 10.7. The van der Waals surface area contributed by atoms with Gasteiger partial charge in [0.2, 0.25) is 0 Å². The van der Waals surface area contributed by atoms with Crippen molar-refractivity contribution in [3.63, 3.8) is 0 Å². The molecule has 2 N–H and O–H groups in total. The number of carbonyl (C=O) groups excluding carboxylic acids is 1. The summed E-state index contributed by atoms with van der Waals surface area (Å²) in [5.74, 6) is 0.101. The molecule has 2 aromatic heterocycles. The van der Waals surface area contributed by atoms with E-state index in [4.69, 9.17) is 11.6 Å². The van der Waals surface area contributed by atoms with Crippen LogP contribution < -0.4 is 5.32 Å². The van der Waals surface area contributed by atoms with Crippen molar-refractivity contribution < 1.29 is 4.79 Å². The molecule has 0 bridgehead atoms. The Bertz CT molecular complexity index is 572. The molecule has 3 rings (SSSR count). The lowest BCUT2D eigenvalue weighted by atomic mass is 10.0. The van der Waals surface area contributed by atoms with Gasteiger partial charge in [-0.2, -0.15) is 0 Å². The first-order valence-electron chi connectivity index (χ1n) is 5.66. The van der Waals surface area contributed by atoms with Crippen molar-refractivity contribution in [3.05, 3.63) is 29.0 Å². The molecule has 5 heteroatoms. The fourth-order valence-corrected chi connectivity index (χ4v) is 2.55. The van der Waals surface area contributed by atoms with E-state index in [9.17, 15) is 4.79 Å². The number of hydrogen-bond donors (Lipinski definition) is 2. The average molecular weight is 250 g/mol. The van der Waals surface area contributed by atoms with Crippen LogP contribution in [0, 0.1) is 0 Å². The van der Waals surface area contributed by atoms with Gasteiger partial charge in [0.05, 0.1) is 11.1 Å². The van der Waals surface area contributed by atoms with E-state index in [0.29, 0.717) is 16.2 Å². The first-order valence-corrected chi connectivity index (χ1v) is 6.04. The lowest BCUT2D eigenvalue weighted by Gasteiger charge is -2.07. The highest BCUT2D eigenvalue weighted by molar-refractivity contribution is 6.36. The molecule has 1 aliphatic heterocycles. The third-order valence-corrected chi connectivity index (χ3v) is 3.48. The minimum absolute atomic E-state index is 0.0785. The summed E-state index contributed by atoms with van der Waals surface area (Å²) in [6, 6.07) is 1.63. The number of pyridine rings is 1. The molecule has 4 nitrogen and oxygen atoms in total. The van der Waals surface area contributed by atoms with Crippen LogP contribution in [0.4, 0.5) is 0 Å². The molecular weight excluding hydrogens is 238 g/mol. The topological polar surface area (TPSA) is 57.8 Å². The third-order valence-electron chi connectivity index (χ3n) is 3.16. The van der Waals surface area contributed by atoms with Crippen molar-refractivity contribution in [3.8, 4) is 0 Å². The lowest BCUT2D eigenvalue weighted by Crippen LogP contribution is -2.30. The number of fused-ring (bicyclic) bond motifs is 1. The number of aromatic nitrogens is 2. The summed E-state index contributed by atoms with van der Waals surface area (Å²) in [6.07, 6.45) is 5.27. The molecule has 1 atom stereocenters. The molecule has 0 aromatic carbocycles. The molecule has 88 valence electrons. The van der Waals surface area contributed by atoms with Gasteiger partial charge in [0.1, 0.15) is 5.65 Å². The maximum absolute atomic E-state index is 12.3. The van der Waals surface area contributed by atoms with Gasteiger partial charge in [-0.15, -0.1) is 0 Å². The second kappa shape index (κ2) is 4.13. The molecule has 0 radical (unpaired) electrons. The van der Waals surface area contributed by atoms with Gasteiger partial charge in [-0.3, -0.25) is 4.79 Å². The van der Waals surface area contributed by atoms with E-state index >= 15 is 0 Å². The summed E-state index contributed by atoms with van der Waals surface area (Å²) < 4.78 is 0. The van der Waals surface area contributed by atoms with Crippen LogP contribution in [-0.4, -0.2) is 28.3 Å². The molecule has 2 aromatic rings. The molecule has 1 unspecified atom stereocenters. The van der Waals surface area contributed by atoms with Gasteiger partial charge >= 0.3 is 0 Å². The van der Waals surface area contributed by atoms with Crippen LogP contribution in [0.5, 0.6) is 0 Å². The zero-order valence-corrected chi connectivity index (χ0v) is 9.92. The normalized spacial score (nSPS) is 19.9. The molecule has 0 amide bonds. The van der Waals surface area contributed by atoms with E-state index in [1.807, 2.05) is 0 Å². The maximum atomic E-state index is 12.3. The number of nitrogens with one attached hydrogen (secondary N) is 2. The van der Waals surface area contributed by atoms with Crippen LogP contribution in [0.25, 0.3) is 11.0 Å². The van der Waals surface area contributed by atoms with E-state index in [1.165, 1.54) is 0 Å². The van der Waals surface area contributed by atoms with Gasteiger partial charge in [0.25, 0.3) is 0 Å². The highest BCUT2D eigenvalue weighted by Crippen LogP contribution is 2.26. The molecule has 0 saturated carbocycles. The fourth-order valence-electron chi connectivity index (χ4n) is 2.31. The number of carbonyl (C=O) groups is 1. The number of hydrogen-bond acceptors (Lipinski definition) is 3. The SMILES string of the molecule is O=C(c1c[nH]c2nccc(Cl)c12)C1CCCN1.